The van der Waals surface area contributed by atoms with E-state index in [2.05, 4.69) is 55.4 Å². The van der Waals surface area contributed by atoms with Crippen LogP contribution in [0.4, 0.5) is 0 Å². The number of phosphoric ester groups is 2. The van der Waals surface area contributed by atoms with Gasteiger partial charge in [-0.25, -0.2) is 9.13 Å². The smallest absolute Gasteiger partial charge is 0.462 e. The van der Waals surface area contributed by atoms with Gasteiger partial charge in [0.15, 0.2) is 12.2 Å². The van der Waals surface area contributed by atoms with Gasteiger partial charge in [-0.1, -0.05) is 325 Å². The maximum absolute atomic E-state index is 13.1. The van der Waals surface area contributed by atoms with Crippen LogP contribution >= 0.6 is 15.6 Å². The van der Waals surface area contributed by atoms with E-state index in [1.54, 1.807) is 0 Å². The Morgan fingerprint density at radius 3 is 0.755 bits per heavy atom. The first kappa shape index (κ1) is 92.1. The van der Waals surface area contributed by atoms with Gasteiger partial charge in [-0.05, 0) is 49.4 Å². The topological polar surface area (TPSA) is 237 Å². The van der Waals surface area contributed by atoms with Crippen LogP contribution in [-0.4, -0.2) is 96.7 Å². The molecule has 0 saturated heterocycles. The summed E-state index contributed by atoms with van der Waals surface area (Å²) >= 11 is 0. The predicted molar refractivity (Wildman–Crippen MR) is 381 cm³/mol. The van der Waals surface area contributed by atoms with Gasteiger partial charge in [0.05, 0.1) is 26.4 Å². The van der Waals surface area contributed by atoms with Crippen molar-refractivity contribution < 1.29 is 80.2 Å². The van der Waals surface area contributed by atoms with Crippen molar-refractivity contribution in [2.24, 2.45) is 23.7 Å². The second-order valence-electron chi connectivity index (χ2n) is 28.7. The normalized spacial score (nSPS) is 14.4. The maximum atomic E-state index is 13.1. The van der Waals surface area contributed by atoms with Crippen LogP contribution in [0.3, 0.4) is 0 Å². The molecular formula is C75H146O17P2. The molecule has 6 atom stereocenters. The van der Waals surface area contributed by atoms with Gasteiger partial charge in [-0.3, -0.25) is 37.3 Å². The molecule has 0 spiro atoms. The highest BCUT2D eigenvalue weighted by Gasteiger charge is 2.30. The average Bonchev–Trinajstić information content (AvgIpc) is 1.07. The number of carbonyl (C=O) groups excluding carboxylic acids is 4. The highest BCUT2D eigenvalue weighted by molar-refractivity contribution is 7.47. The third-order valence-corrected chi connectivity index (χ3v) is 19.6. The average molecular weight is 1380 g/mol. The van der Waals surface area contributed by atoms with Gasteiger partial charge in [-0.2, -0.15) is 0 Å². The van der Waals surface area contributed by atoms with Crippen LogP contribution in [-0.2, 0) is 65.4 Å². The van der Waals surface area contributed by atoms with E-state index in [0.29, 0.717) is 31.6 Å². The Labute approximate surface area is 575 Å². The molecule has 17 nitrogen and oxygen atoms in total. The van der Waals surface area contributed by atoms with Gasteiger partial charge >= 0.3 is 39.5 Å². The molecule has 0 aromatic carbocycles. The fourth-order valence-electron chi connectivity index (χ4n) is 11.3. The van der Waals surface area contributed by atoms with E-state index in [0.717, 1.165) is 114 Å². The summed E-state index contributed by atoms with van der Waals surface area (Å²) < 4.78 is 68.4. The molecule has 0 amide bonds. The molecule has 0 bridgehead atoms. The number of hydrogen-bond acceptors (Lipinski definition) is 15. The lowest BCUT2D eigenvalue weighted by Crippen LogP contribution is -2.30. The van der Waals surface area contributed by atoms with Crippen LogP contribution in [0.15, 0.2) is 0 Å². The number of phosphoric acid groups is 2. The third kappa shape index (κ3) is 67.3. The summed E-state index contributed by atoms with van der Waals surface area (Å²) in [5.41, 5.74) is 0. The number of aliphatic hydroxyl groups excluding tert-OH is 1. The molecule has 0 aromatic rings. The lowest BCUT2D eigenvalue weighted by Gasteiger charge is -2.21. The number of esters is 4. The minimum atomic E-state index is -4.96. The minimum Gasteiger partial charge on any atom is -0.462 e. The lowest BCUT2D eigenvalue weighted by molar-refractivity contribution is -0.161. The highest BCUT2D eigenvalue weighted by Crippen LogP contribution is 2.45. The van der Waals surface area contributed by atoms with Crippen LogP contribution in [0.2, 0.25) is 0 Å². The number of ether oxygens (including phenoxy) is 4. The number of rotatable bonds is 72. The Hall–Kier alpha value is -1.94. The van der Waals surface area contributed by atoms with Crippen LogP contribution in [0.1, 0.15) is 376 Å². The van der Waals surface area contributed by atoms with E-state index in [1.165, 1.54) is 173 Å². The zero-order chi connectivity index (χ0) is 69.6. The molecule has 3 N–H and O–H groups in total. The summed E-state index contributed by atoms with van der Waals surface area (Å²) in [6.07, 6.45) is 48.7. The van der Waals surface area contributed by atoms with Crippen LogP contribution in [0.25, 0.3) is 0 Å². The Morgan fingerprint density at radius 1 is 0.298 bits per heavy atom. The summed E-state index contributed by atoms with van der Waals surface area (Å²) in [7, 11) is -9.91. The lowest BCUT2D eigenvalue weighted by atomic mass is 9.99. The number of hydrogen-bond donors (Lipinski definition) is 3. The second kappa shape index (κ2) is 64.4. The van der Waals surface area contributed by atoms with Crippen molar-refractivity contribution >= 4 is 39.5 Å². The van der Waals surface area contributed by atoms with Gasteiger partial charge in [0, 0.05) is 25.7 Å². The van der Waals surface area contributed by atoms with E-state index >= 15 is 0 Å². The van der Waals surface area contributed by atoms with Gasteiger partial charge in [-0.15, -0.1) is 0 Å². The second-order valence-corrected chi connectivity index (χ2v) is 31.6. The monoisotopic (exact) mass is 1380 g/mol. The van der Waals surface area contributed by atoms with E-state index in [1.807, 2.05) is 0 Å². The SMILES string of the molecule is CCC(C)CCCCCCCCCCC(=O)O[C@H](COC(=O)CCCCCCCCCCCCCCCCCC(C)C)COP(=O)(O)OC[C@@H](O)COP(=O)(O)OC[C@@H](COC(=O)CCCCCCCCC(C)C)OC(=O)CCCCCCCCCCCCCCC(C)C. The Morgan fingerprint density at radius 2 is 0.511 bits per heavy atom. The molecule has 0 heterocycles. The van der Waals surface area contributed by atoms with Crippen molar-refractivity contribution in [3.63, 3.8) is 0 Å². The Balaban J connectivity index is 5.21. The summed E-state index contributed by atoms with van der Waals surface area (Å²) in [6.45, 7) is 14.1. The van der Waals surface area contributed by atoms with Crippen molar-refractivity contribution in [3.05, 3.63) is 0 Å². The molecule has 0 rings (SSSR count). The summed E-state index contributed by atoms with van der Waals surface area (Å²) in [4.78, 5) is 72.7. The van der Waals surface area contributed by atoms with E-state index in [4.69, 9.17) is 37.0 Å². The molecule has 558 valence electrons. The zero-order valence-corrected chi connectivity index (χ0v) is 63.4. The van der Waals surface area contributed by atoms with Crippen molar-refractivity contribution in [3.8, 4) is 0 Å². The minimum absolute atomic E-state index is 0.105. The van der Waals surface area contributed by atoms with Crippen molar-refractivity contribution in [2.75, 3.05) is 39.6 Å². The molecule has 0 aliphatic carbocycles. The van der Waals surface area contributed by atoms with Crippen molar-refractivity contribution in [1.29, 1.82) is 0 Å². The molecular weight excluding hydrogens is 1230 g/mol. The standard InChI is InChI=1S/C75H146O17P2/c1-9-68(8)54-46-38-29-25-26-32-42-50-58-75(80)92-70(61-85-72(77)55-47-39-30-23-19-14-12-10-11-13-17-21-27-35-43-51-65(2)3)63-89-93(81,82)87-59-69(76)60-88-94(83,84)90-64-71(62-86-73(78)56-48-40-34-33-37-45-53-67(6)7)91-74(79)57-49-41-31-24-20-16-15-18-22-28-36-44-52-66(4)5/h65-71,76H,9-64H2,1-8H3,(H,81,82)(H,83,84)/t68?,69-,70-,71-/m1/s1. The highest BCUT2D eigenvalue weighted by atomic mass is 31.2. The molecule has 0 saturated carbocycles. The maximum Gasteiger partial charge on any atom is 0.472 e. The number of aliphatic hydroxyl groups is 1. The summed E-state index contributed by atoms with van der Waals surface area (Å²) in [5, 5.41) is 10.6. The fourth-order valence-corrected chi connectivity index (χ4v) is 12.9. The number of unbranched alkanes of at least 4 members (excludes halogenated alkanes) is 37. The largest absolute Gasteiger partial charge is 0.472 e. The molecule has 0 fully saturated rings. The van der Waals surface area contributed by atoms with Crippen LogP contribution < -0.4 is 0 Å². The van der Waals surface area contributed by atoms with E-state index < -0.39 is 97.5 Å². The number of carbonyl (C=O) groups is 4. The first-order chi connectivity index (χ1) is 45.1. The third-order valence-electron chi connectivity index (χ3n) is 17.7. The molecule has 0 aliphatic rings. The first-order valence-electron chi connectivity index (χ1n) is 38.7. The van der Waals surface area contributed by atoms with Gasteiger partial charge in [0.2, 0.25) is 0 Å². The van der Waals surface area contributed by atoms with Crippen LogP contribution in [0.5, 0.6) is 0 Å². The van der Waals surface area contributed by atoms with E-state index in [9.17, 15) is 43.2 Å². The fraction of sp³-hybridized carbons (Fsp3) is 0.947. The summed E-state index contributed by atoms with van der Waals surface area (Å²) in [6, 6.07) is 0. The molecule has 0 aromatic heterocycles. The Bertz CT molecular complexity index is 1850. The van der Waals surface area contributed by atoms with Gasteiger partial charge in [0.25, 0.3) is 0 Å². The van der Waals surface area contributed by atoms with E-state index in [-0.39, 0.29) is 25.7 Å². The van der Waals surface area contributed by atoms with Gasteiger partial charge in [0.1, 0.15) is 19.3 Å². The molecule has 3 unspecified atom stereocenters. The molecule has 94 heavy (non-hydrogen) atoms. The molecule has 0 aliphatic heterocycles. The Kier molecular flexibility index (Phi) is 63.1. The van der Waals surface area contributed by atoms with Crippen LogP contribution in [0, 0.1) is 23.7 Å². The summed E-state index contributed by atoms with van der Waals surface area (Å²) in [5.74, 6) is 0.907. The molecule has 19 heteroatoms. The van der Waals surface area contributed by atoms with Gasteiger partial charge < -0.3 is 33.8 Å². The molecule has 0 radical (unpaired) electrons. The predicted octanol–water partition coefficient (Wildman–Crippen LogP) is 21.7. The quantitative estimate of drug-likeness (QED) is 0.0222. The van der Waals surface area contributed by atoms with Crippen molar-refractivity contribution in [1.82, 2.24) is 0 Å². The zero-order valence-electron chi connectivity index (χ0n) is 61.6. The van der Waals surface area contributed by atoms with Crippen molar-refractivity contribution in [2.45, 2.75) is 395 Å². The first-order valence-corrected chi connectivity index (χ1v) is 41.7.